The van der Waals surface area contributed by atoms with Crippen LogP contribution in [0.4, 0.5) is 13.2 Å². The van der Waals surface area contributed by atoms with E-state index in [0.717, 1.165) is 0 Å². The van der Waals surface area contributed by atoms with E-state index >= 15 is 0 Å². The Morgan fingerprint density at radius 2 is 1.93 bits per heavy atom. The summed E-state index contributed by atoms with van der Waals surface area (Å²) in [4.78, 5) is 0. The summed E-state index contributed by atoms with van der Waals surface area (Å²) in [5.74, 6) is 0. The summed E-state index contributed by atoms with van der Waals surface area (Å²) in [6.45, 7) is 0.537. The fourth-order valence-corrected chi connectivity index (χ4v) is 1.45. The average Bonchev–Trinajstić information content (AvgIpc) is 2.85. The summed E-state index contributed by atoms with van der Waals surface area (Å²) in [5.41, 5.74) is 0.993. The van der Waals surface area contributed by atoms with E-state index in [1.165, 1.54) is 6.07 Å². The molecule has 1 aliphatic rings. The predicted molar refractivity (Wildman–Crippen MR) is 44.9 cm³/mol. The molecule has 2 rings (SSSR count). The van der Waals surface area contributed by atoms with Gasteiger partial charge in [-0.25, -0.2) is 0 Å². The number of epoxide rings is 1. The maximum absolute atomic E-state index is 12.2. The van der Waals surface area contributed by atoms with Crippen LogP contribution in [0.5, 0.6) is 0 Å². The Balaban J connectivity index is 2.23. The number of alkyl halides is 3. The number of ether oxygens (including phenoxy) is 1. The van der Waals surface area contributed by atoms with Gasteiger partial charge < -0.3 is 4.74 Å². The second kappa shape index (κ2) is 3.28. The molecule has 1 nitrogen and oxygen atoms in total. The first kappa shape index (κ1) is 9.52. The van der Waals surface area contributed by atoms with Crippen molar-refractivity contribution in [2.45, 2.75) is 18.7 Å². The first-order chi connectivity index (χ1) is 6.56. The lowest BCUT2D eigenvalue weighted by molar-refractivity contribution is -0.127. The van der Waals surface area contributed by atoms with Crippen molar-refractivity contribution >= 4 is 0 Å². The van der Waals surface area contributed by atoms with Gasteiger partial charge in [0.05, 0.1) is 13.0 Å². The molecule has 4 heteroatoms. The van der Waals surface area contributed by atoms with Gasteiger partial charge in [0, 0.05) is 0 Å². The predicted octanol–water partition coefficient (Wildman–Crippen LogP) is 2.86. The van der Waals surface area contributed by atoms with E-state index < -0.39 is 12.6 Å². The van der Waals surface area contributed by atoms with Crippen LogP contribution in [0.1, 0.15) is 17.2 Å². The van der Waals surface area contributed by atoms with Crippen LogP contribution in [0.15, 0.2) is 24.3 Å². The third-order valence-electron chi connectivity index (χ3n) is 2.13. The minimum atomic E-state index is -4.15. The third kappa shape index (κ3) is 2.26. The molecule has 0 saturated carbocycles. The van der Waals surface area contributed by atoms with Crippen molar-refractivity contribution in [3.63, 3.8) is 0 Å². The van der Waals surface area contributed by atoms with Crippen LogP contribution in [0, 0.1) is 0 Å². The Kier molecular flexibility index (Phi) is 2.23. The third-order valence-corrected chi connectivity index (χ3v) is 2.13. The normalized spacial score (nSPS) is 20.9. The van der Waals surface area contributed by atoms with Crippen LogP contribution < -0.4 is 0 Å². The SMILES string of the molecule is FC(F)(F)Cc1ccccc1C1CO1. The smallest absolute Gasteiger partial charge is 0.368 e. The number of halogens is 3. The van der Waals surface area contributed by atoms with Crippen molar-refractivity contribution in [2.75, 3.05) is 6.61 Å². The first-order valence-corrected chi connectivity index (χ1v) is 4.32. The molecule has 1 atom stereocenters. The topological polar surface area (TPSA) is 12.5 Å². The molecule has 0 aliphatic carbocycles. The maximum Gasteiger partial charge on any atom is 0.393 e. The van der Waals surface area contributed by atoms with Gasteiger partial charge in [-0.2, -0.15) is 13.2 Å². The van der Waals surface area contributed by atoms with E-state index in [1.807, 2.05) is 0 Å². The number of hydrogen-bond donors (Lipinski definition) is 0. The summed E-state index contributed by atoms with van der Waals surface area (Å²) >= 11 is 0. The van der Waals surface area contributed by atoms with Crippen LogP contribution in [0.2, 0.25) is 0 Å². The molecular weight excluding hydrogens is 193 g/mol. The average molecular weight is 202 g/mol. The van der Waals surface area contributed by atoms with Crippen molar-refractivity contribution in [3.05, 3.63) is 35.4 Å². The lowest BCUT2D eigenvalue weighted by Crippen LogP contribution is -2.12. The first-order valence-electron chi connectivity index (χ1n) is 4.32. The molecule has 0 bridgehead atoms. The fourth-order valence-electron chi connectivity index (χ4n) is 1.45. The monoisotopic (exact) mass is 202 g/mol. The van der Waals surface area contributed by atoms with Crippen LogP contribution >= 0.6 is 0 Å². The summed E-state index contributed by atoms with van der Waals surface area (Å²) < 4.78 is 41.5. The van der Waals surface area contributed by atoms with Crippen LogP contribution in [-0.2, 0) is 11.2 Å². The highest BCUT2D eigenvalue weighted by atomic mass is 19.4. The molecule has 1 aromatic carbocycles. The zero-order chi connectivity index (χ0) is 10.2. The molecule has 1 aromatic rings. The lowest BCUT2D eigenvalue weighted by Gasteiger charge is -2.09. The van der Waals surface area contributed by atoms with Gasteiger partial charge in [-0.15, -0.1) is 0 Å². The number of hydrogen-bond acceptors (Lipinski definition) is 1. The molecule has 1 aliphatic heterocycles. The van der Waals surface area contributed by atoms with Crippen molar-refractivity contribution in [1.82, 2.24) is 0 Å². The second-order valence-corrected chi connectivity index (χ2v) is 3.31. The zero-order valence-corrected chi connectivity index (χ0v) is 7.34. The van der Waals surface area contributed by atoms with Crippen molar-refractivity contribution in [3.8, 4) is 0 Å². The summed E-state index contributed by atoms with van der Waals surface area (Å²) in [6.07, 6.45) is -5.14. The Morgan fingerprint density at radius 3 is 2.50 bits per heavy atom. The van der Waals surface area contributed by atoms with Gasteiger partial charge in [-0.05, 0) is 11.1 Å². The molecule has 14 heavy (non-hydrogen) atoms. The maximum atomic E-state index is 12.2. The second-order valence-electron chi connectivity index (χ2n) is 3.31. The molecule has 1 unspecified atom stereocenters. The quantitative estimate of drug-likeness (QED) is 0.672. The molecule has 1 fully saturated rings. The molecule has 0 amide bonds. The van der Waals surface area contributed by atoms with Gasteiger partial charge >= 0.3 is 6.18 Å². The van der Waals surface area contributed by atoms with Crippen LogP contribution in [0.25, 0.3) is 0 Å². The molecule has 0 aromatic heterocycles. The van der Waals surface area contributed by atoms with Gasteiger partial charge in [0.15, 0.2) is 0 Å². The van der Waals surface area contributed by atoms with E-state index in [9.17, 15) is 13.2 Å². The van der Waals surface area contributed by atoms with Crippen LogP contribution in [-0.4, -0.2) is 12.8 Å². The Bertz CT molecular complexity index is 328. The summed E-state index contributed by atoms with van der Waals surface area (Å²) in [7, 11) is 0. The van der Waals surface area contributed by atoms with Crippen molar-refractivity contribution in [1.29, 1.82) is 0 Å². The molecule has 1 heterocycles. The largest absolute Gasteiger partial charge is 0.393 e. The van der Waals surface area contributed by atoms with Gasteiger partial charge in [0.1, 0.15) is 6.10 Å². The Morgan fingerprint density at radius 1 is 1.29 bits per heavy atom. The molecular formula is C10H9F3O. The van der Waals surface area contributed by atoms with Crippen molar-refractivity contribution < 1.29 is 17.9 Å². The minimum Gasteiger partial charge on any atom is -0.368 e. The van der Waals surface area contributed by atoms with E-state index in [0.29, 0.717) is 17.7 Å². The number of benzene rings is 1. The minimum absolute atomic E-state index is 0.117. The van der Waals surface area contributed by atoms with E-state index in [1.54, 1.807) is 18.2 Å². The Labute approximate surface area is 79.5 Å². The standard InChI is InChI=1S/C10H9F3O/c11-10(12,13)5-7-3-1-2-4-8(7)9-6-14-9/h1-4,9H,5-6H2. The van der Waals surface area contributed by atoms with Gasteiger partial charge in [-0.1, -0.05) is 24.3 Å². The molecule has 76 valence electrons. The molecule has 1 saturated heterocycles. The molecule has 0 N–H and O–H groups in total. The molecule has 0 radical (unpaired) electrons. The summed E-state index contributed by atoms with van der Waals surface area (Å²) in [6, 6.07) is 6.55. The van der Waals surface area contributed by atoms with E-state index in [-0.39, 0.29) is 6.10 Å². The van der Waals surface area contributed by atoms with Crippen LogP contribution in [0.3, 0.4) is 0 Å². The molecule has 0 spiro atoms. The number of rotatable bonds is 2. The van der Waals surface area contributed by atoms with Gasteiger partial charge in [-0.3, -0.25) is 0 Å². The highest BCUT2D eigenvalue weighted by Gasteiger charge is 2.33. The highest BCUT2D eigenvalue weighted by Crippen LogP contribution is 2.34. The lowest BCUT2D eigenvalue weighted by atomic mass is 10.0. The van der Waals surface area contributed by atoms with E-state index in [4.69, 9.17) is 4.74 Å². The fraction of sp³-hybridized carbons (Fsp3) is 0.400. The van der Waals surface area contributed by atoms with Gasteiger partial charge in [0.2, 0.25) is 0 Å². The van der Waals surface area contributed by atoms with Crippen molar-refractivity contribution in [2.24, 2.45) is 0 Å². The Hall–Kier alpha value is -1.03. The highest BCUT2D eigenvalue weighted by molar-refractivity contribution is 5.31. The summed E-state index contributed by atoms with van der Waals surface area (Å²) in [5, 5.41) is 0. The van der Waals surface area contributed by atoms with E-state index in [2.05, 4.69) is 0 Å². The zero-order valence-electron chi connectivity index (χ0n) is 7.34. The van der Waals surface area contributed by atoms with Gasteiger partial charge in [0.25, 0.3) is 0 Å².